The Morgan fingerprint density at radius 1 is 1.11 bits per heavy atom. The summed E-state index contributed by atoms with van der Waals surface area (Å²) in [4.78, 5) is 23.7. The second kappa shape index (κ2) is 6.09. The Hall–Kier alpha value is -3.34. The monoisotopic (exact) mass is 373 g/mol. The van der Waals surface area contributed by atoms with Crippen LogP contribution < -0.4 is 10.2 Å². The Kier molecular flexibility index (Phi) is 3.66. The molecule has 1 aromatic heterocycles. The summed E-state index contributed by atoms with van der Waals surface area (Å²) in [6, 6.07) is 11.9. The fourth-order valence-electron chi connectivity index (χ4n) is 4.37. The molecule has 5 heteroatoms. The van der Waals surface area contributed by atoms with Crippen molar-refractivity contribution in [2.75, 3.05) is 6.61 Å². The summed E-state index contributed by atoms with van der Waals surface area (Å²) in [5.74, 6) is -0.240. The van der Waals surface area contributed by atoms with E-state index in [1.165, 1.54) is 29.0 Å². The molecular formula is C23H19NO4. The summed E-state index contributed by atoms with van der Waals surface area (Å²) in [6.45, 7) is 3.37. The number of aryl methyl sites for hydroxylation is 2. The normalized spacial score (nSPS) is 14.0. The summed E-state index contributed by atoms with van der Waals surface area (Å²) in [7, 11) is 0. The lowest BCUT2D eigenvalue weighted by Crippen LogP contribution is -2.22. The Morgan fingerprint density at radius 3 is 2.75 bits per heavy atom. The van der Waals surface area contributed by atoms with Gasteiger partial charge in [-0.15, -0.1) is 0 Å². The molecule has 0 radical (unpaired) electrons. The average Bonchev–Trinajstić information content (AvgIpc) is 3.16. The molecule has 3 aromatic rings. The quantitative estimate of drug-likeness (QED) is 0.744. The number of rotatable bonds is 2. The zero-order chi connectivity index (χ0) is 19.4. The zero-order valence-electron chi connectivity index (χ0n) is 15.5. The van der Waals surface area contributed by atoms with Gasteiger partial charge in [0, 0.05) is 41.9 Å². The van der Waals surface area contributed by atoms with Gasteiger partial charge in [0.05, 0.1) is 12.3 Å². The van der Waals surface area contributed by atoms with E-state index in [-0.39, 0.29) is 5.56 Å². The van der Waals surface area contributed by atoms with Gasteiger partial charge in [-0.1, -0.05) is 29.8 Å². The molecule has 3 heterocycles. The van der Waals surface area contributed by atoms with Crippen LogP contribution in [0.2, 0.25) is 0 Å². The van der Waals surface area contributed by atoms with Crippen LogP contribution in [0.15, 0.2) is 47.4 Å². The molecule has 0 aliphatic carbocycles. The lowest BCUT2D eigenvalue weighted by Gasteiger charge is -2.25. The van der Waals surface area contributed by atoms with E-state index in [0.29, 0.717) is 13.2 Å². The maximum Gasteiger partial charge on any atom is 0.341 e. The van der Waals surface area contributed by atoms with Crippen LogP contribution in [-0.4, -0.2) is 22.2 Å². The number of hydrogen-bond acceptors (Lipinski definition) is 3. The third kappa shape index (κ3) is 2.47. The average molecular weight is 373 g/mol. The van der Waals surface area contributed by atoms with Crippen LogP contribution in [-0.2, 0) is 19.4 Å². The molecule has 28 heavy (non-hydrogen) atoms. The number of aromatic carboxylic acids is 1. The largest absolute Gasteiger partial charge is 0.492 e. The van der Waals surface area contributed by atoms with Crippen molar-refractivity contribution in [3.63, 3.8) is 0 Å². The highest BCUT2D eigenvalue weighted by atomic mass is 16.5. The highest BCUT2D eigenvalue weighted by molar-refractivity contribution is 5.88. The maximum atomic E-state index is 12.4. The minimum atomic E-state index is -1.19. The van der Waals surface area contributed by atoms with Crippen molar-refractivity contribution in [2.45, 2.75) is 26.3 Å². The third-order valence-corrected chi connectivity index (χ3v) is 5.66. The predicted octanol–water partition coefficient (Wildman–Crippen LogP) is 3.68. The molecule has 5 nitrogen and oxygen atoms in total. The van der Waals surface area contributed by atoms with E-state index in [4.69, 9.17) is 4.74 Å². The van der Waals surface area contributed by atoms with Gasteiger partial charge in [-0.25, -0.2) is 4.79 Å². The molecule has 0 amide bonds. The summed E-state index contributed by atoms with van der Waals surface area (Å²) in [5, 5.41) is 9.28. The van der Waals surface area contributed by atoms with Gasteiger partial charge in [0.2, 0.25) is 0 Å². The summed E-state index contributed by atoms with van der Waals surface area (Å²) in [5.41, 5.74) is 6.85. The number of hydrogen-bond donors (Lipinski definition) is 1. The van der Waals surface area contributed by atoms with Crippen LogP contribution >= 0.6 is 0 Å². The van der Waals surface area contributed by atoms with Crippen molar-refractivity contribution in [3.8, 4) is 28.1 Å². The van der Waals surface area contributed by atoms with Crippen molar-refractivity contribution < 1.29 is 14.6 Å². The summed E-state index contributed by atoms with van der Waals surface area (Å²) in [6.07, 6.45) is 3.12. The SMILES string of the molecule is Cc1cccc(-c2cc3c(c4c2OCC4)CCn2cc(C(=O)O)c(=O)cc2-3)c1. The minimum Gasteiger partial charge on any atom is -0.492 e. The number of carboxylic acid groups (broad SMARTS) is 1. The van der Waals surface area contributed by atoms with E-state index in [9.17, 15) is 14.7 Å². The van der Waals surface area contributed by atoms with E-state index in [1.54, 1.807) is 0 Å². The highest BCUT2D eigenvalue weighted by Gasteiger charge is 2.28. The van der Waals surface area contributed by atoms with Crippen molar-refractivity contribution >= 4 is 5.97 Å². The van der Waals surface area contributed by atoms with Gasteiger partial charge in [-0.2, -0.15) is 0 Å². The van der Waals surface area contributed by atoms with Crippen LogP contribution in [0.5, 0.6) is 5.75 Å². The van der Waals surface area contributed by atoms with Crippen molar-refractivity contribution in [1.29, 1.82) is 0 Å². The first-order valence-electron chi connectivity index (χ1n) is 9.39. The first-order valence-corrected chi connectivity index (χ1v) is 9.39. The van der Waals surface area contributed by atoms with Gasteiger partial charge in [-0.3, -0.25) is 4.79 Å². The second-order valence-electron chi connectivity index (χ2n) is 7.41. The molecule has 0 atom stereocenters. The number of nitrogens with zero attached hydrogens (tertiary/aromatic N) is 1. The second-order valence-corrected chi connectivity index (χ2v) is 7.41. The van der Waals surface area contributed by atoms with Gasteiger partial charge < -0.3 is 14.4 Å². The molecule has 0 saturated heterocycles. The number of benzene rings is 2. The predicted molar refractivity (Wildman–Crippen MR) is 106 cm³/mol. The van der Waals surface area contributed by atoms with E-state index >= 15 is 0 Å². The van der Waals surface area contributed by atoms with Crippen LogP contribution in [0.25, 0.3) is 22.4 Å². The highest BCUT2D eigenvalue weighted by Crippen LogP contribution is 2.45. The van der Waals surface area contributed by atoms with Crippen LogP contribution in [0.1, 0.15) is 27.0 Å². The molecule has 140 valence electrons. The van der Waals surface area contributed by atoms with Crippen LogP contribution in [0.3, 0.4) is 0 Å². The summed E-state index contributed by atoms with van der Waals surface area (Å²) < 4.78 is 7.89. The van der Waals surface area contributed by atoms with Crippen LogP contribution in [0, 0.1) is 6.92 Å². The van der Waals surface area contributed by atoms with Crippen molar-refractivity contribution in [3.05, 3.63) is 75.1 Å². The lowest BCUT2D eigenvalue weighted by atomic mass is 9.87. The number of carboxylic acids is 1. The number of carbonyl (C=O) groups is 1. The van der Waals surface area contributed by atoms with Gasteiger partial charge in [0.15, 0.2) is 5.43 Å². The first kappa shape index (κ1) is 16.8. The molecule has 2 aliphatic heterocycles. The standard InChI is InChI=1S/C23H19NO4/c1-13-3-2-4-14(9-13)17-10-18-15(16-6-8-28-22(16)17)5-7-24-12-19(23(26)27)21(25)11-20(18)24/h2-4,9-12H,5-8H2,1H3,(H,26,27). The number of ether oxygens (including phenoxy) is 1. The molecule has 0 saturated carbocycles. The number of fused-ring (bicyclic) bond motifs is 5. The van der Waals surface area contributed by atoms with Crippen molar-refractivity contribution in [2.24, 2.45) is 0 Å². The van der Waals surface area contributed by atoms with Crippen LogP contribution in [0.4, 0.5) is 0 Å². The van der Waals surface area contributed by atoms with Gasteiger partial charge in [0.1, 0.15) is 11.3 Å². The molecular weight excluding hydrogens is 354 g/mol. The fraction of sp³-hybridized carbons (Fsp3) is 0.217. The Bertz CT molecular complexity index is 1210. The molecule has 0 unspecified atom stereocenters. The Labute approximate surface area is 161 Å². The molecule has 0 fully saturated rings. The molecule has 2 aromatic carbocycles. The zero-order valence-corrected chi connectivity index (χ0v) is 15.5. The molecule has 1 N–H and O–H groups in total. The van der Waals surface area contributed by atoms with Crippen molar-refractivity contribution in [1.82, 2.24) is 4.57 Å². The molecule has 2 aliphatic rings. The van der Waals surface area contributed by atoms with Gasteiger partial charge in [-0.05, 0) is 30.5 Å². The maximum absolute atomic E-state index is 12.4. The smallest absolute Gasteiger partial charge is 0.341 e. The van der Waals surface area contributed by atoms with E-state index < -0.39 is 11.4 Å². The molecule has 0 bridgehead atoms. The lowest BCUT2D eigenvalue weighted by molar-refractivity contribution is 0.0694. The fourth-order valence-corrected chi connectivity index (χ4v) is 4.37. The Balaban J connectivity index is 1.79. The summed E-state index contributed by atoms with van der Waals surface area (Å²) >= 11 is 0. The van der Waals surface area contributed by atoms with E-state index in [0.717, 1.165) is 41.0 Å². The topological polar surface area (TPSA) is 68.5 Å². The Morgan fingerprint density at radius 2 is 1.96 bits per heavy atom. The van der Waals surface area contributed by atoms with E-state index in [2.05, 4.69) is 31.2 Å². The molecule has 0 spiro atoms. The van der Waals surface area contributed by atoms with E-state index in [1.807, 2.05) is 10.6 Å². The number of aromatic nitrogens is 1. The van der Waals surface area contributed by atoms with Gasteiger partial charge in [0.25, 0.3) is 0 Å². The third-order valence-electron chi connectivity index (χ3n) is 5.66. The first-order chi connectivity index (χ1) is 13.5. The van der Waals surface area contributed by atoms with Gasteiger partial charge >= 0.3 is 5.97 Å². The molecule has 5 rings (SSSR count). The number of pyridine rings is 1. The minimum absolute atomic E-state index is 0.185.